The smallest absolute Gasteiger partial charge is 0.123 e. The van der Waals surface area contributed by atoms with Gasteiger partial charge < -0.3 is 5.32 Å². The lowest BCUT2D eigenvalue weighted by molar-refractivity contribution is 0.474. The first kappa shape index (κ1) is 14.7. The summed E-state index contributed by atoms with van der Waals surface area (Å²) in [4.78, 5) is 0. The van der Waals surface area contributed by atoms with Gasteiger partial charge in [0.05, 0.1) is 0 Å². The lowest BCUT2D eigenvalue weighted by atomic mass is 10.0. The van der Waals surface area contributed by atoms with E-state index in [4.69, 9.17) is 0 Å². The number of benzene rings is 2. The predicted octanol–water partition coefficient (Wildman–Crippen LogP) is 4.25. The highest BCUT2D eigenvalue weighted by Crippen LogP contribution is 2.15. The summed E-state index contributed by atoms with van der Waals surface area (Å²) in [5, 5.41) is 3.40. The molecule has 1 nitrogen and oxygen atoms in total. The van der Waals surface area contributed by atoms with Gasteiger partial charge in [-0.15, -0.1) is 0 Å². The highest BCUT2D eigenvalue weighted by Gasteiger charge is 2.10. The molecule has 0 fully saturated rings. The molecule has 0 aliphatic carbocycles. The first-order valence-electron chi connectivity index (χ1n) is 6.80. The Morgan fingerprint density at radius 2 is 1.60 bits per heavy atom. The third-order valence-corrected chi connectivity index (χ3v) is 3.31. The van der Waals surface area contributed by atoms with Gasteiger partial charge in [0.15, 0.2) is 0 Å². The fraction of sp³-hybridized carbons (Fsp3) is 0.294. The maximum Gasteiger partial charge on any atom is 0.123 e. The summed E-state index contributed by atoms with van der Waals surface area (Å²) in [6.07, 6.45) is 0.734. The molecule has 0 saturated carbocycles. The van der Waals surface area contributed by atoms with E-state index in [0.717, 1.165) is 17.5 Å². The van der Waals surface area contributed by atoms with Crippen molar-refractivity contribution < 1.29 is 8.78 Å². The van der Waals surface area contributed by atoms with E-state index in [9.17, 15) is 8.78 Å². The minimum Gasteiger partial charge on any atom is -0.307 e. The van der Waals surface area contributed by atoms with Crippen molar-refractivity contribution in [3.8, 4) is 0 Å². The molecule has 1 N–H and O–H groups in total. The molecule has 0 amide bonds. The van der Waals surface area contributed by atoms with Crippen LogP contribution in [0.1, 0.15) is 31.0 Å². The highest BCUT2D eigenvalue weighted by molar-refractivity contribution is 5.20. The lowest BCUT2D eigenvalue weighted by Crippen LogP contribution is -2.30. The molecule has 0 heterocycles. The molecular formula is C17H19F2N. The number of hydrogen-bond acceptors (Lipinski definition) is 1. The standard InChI is InChI=1S/C17H19F2N/c1-12(9-14-5-3-7-16(18)10-14)20-13(2)15-6-4-8-17(19)11-15/h3-8,10-13,20H,9H2,1-2H3/t12?,13-/m1/s1. The van der Waals surface area contributed by atoms with Crippen LogP contribution < -0.4 is 5.32 Å². The molecule has 0 aliphatic heterocycles. The molecule has 2 aromatic rings. The maximum atomic E-state index is 13.2. The first-order chi connectivity index (χ1) is 9.54. The Morgan fingerprint density at radius 1 is 0.950 bits per heavy atom. The highest BCUT2D eigenvalue weighted by atomic mass is 19.1. The molecule has 20 heavy (non-hydrogen) atoms. The molecule has 1 unspecified atom stereocenters. The Kier molecular flexibility index (Phi) is 4.85. The zero-order valence-electron chi connectivity index (χ0n) is 11.7. The quantitative estimate of drug-likeness (QED) is 0.860. The number of nitrogens with one attached hydrogen (secondary N) is 1. The minimum absolute atomic E-state index is 0.0502. The summed E-state index contributed by atoms with van der Waals surface area (Å²) in [5.41, 5.74) is 1.87. The van der Waals surface area contributed by atoms with Crippen molar-refractivity contribution in [2.45, 2.75) is 32.4 Å². The SMILES string of the molecule is CC(Cc1cccc(F)c1)N[C@H](C)c1cccc(F)c1. The molecule has 3 heteroatoms. The summed E-state index contributed by atoms with van der Waals surface area (Å²) in [6.45, 7) is 4.04. The molecule has 0 saturated heterocycles. The van der Waals surface area contributed by atoms with Crippen molar-refractivity contribution in [2.75, 3.05) is 0 Å². The van der Waals surface area contributed by atoms with Gasteiger partial charge in [0, 0.05) is 12.1 Å². The molecule has 0 radical (unpaired) electrons. The third kappa shape index (κ3) is 4.14. The largest absolute Gasteiger partial charge is 0.307 e. The molecule has 2 aromatic carbocycles. The van der Waals surface area contributed by atoms with E-state index in [1.54, 1.807) is 18.2 Å². The zero-order chi connectivity index (χ0) is 14.5. The average molecular weight is 275 g/mol. The van der Waals surface area contributed by atoms with Crippen molar-refractivity contribution in [3.05, 3.63) is 71.3 Å². The Hall–Kier alpha value is -1.74. The van der Waals surface area contributed by atoms with Crippen molar-refractivity contribution >= 4 is 0 Å². The van der Waals surface area contributed by atoms with E-state index >= 15 is 0 Å². The summed E-state index contributed by atoms with van der Waals surface area (Å²) >= 11 is 0. The normalized spacial score (nSPS) is 14.0. The van der Waals surface area contributed by atoms with Crippen LogP contribution in [-0.2, 0) is 6.42 Å². The van der Waals surface area contributed by atoms with Gasteiger partial charge in [0.1, 0.15) is 11.6 Å². The summed E-state index contributed by atoms with van der Waals surface area (Å²) in [7, 11) is 0. The van der Waals surface area contributed by atoms with Crippen LogP contribution >= 0.6 is 0 Å². The fourth-order valence-corrected chi connectivity index (χ4v) is 2.38. The monoisotopic (exact) mass is 275 g/mol. The van der Waals surface area contributed by atoms with Crippen LogP contribution in [0.4, 0.5) is 8.78 Å². The van der Waals surface area contributed by atoms with Crippen LogP contribution in [0.25, 0.3) is 0 Å². The van der Waals surface area contributed by atoms with Gasteiger partial charge in [0.2, 0.25) is 0 Å². The summed E-state index contributed by atoms with van der Waals surface area (Å²) in [5.74, 6) is -0.443. The molecule has 0 aliphatic rings. The van der Waals surface area contributed by atoms with E-state index < -0.39 is 0 Å². The first-order valence-corrected chi connectivity index (χ1v) is 6.80. The van der Waals surface area contributed by atoms with Gasteiger partial charge in [-0.2, -0.15) is 0 Å². The molecule has 0 aromatic heterocycles. The van der Waals surface area contributed by atoms with Crippen molar-refractivity contribution in [2.24, 2.45) is 0 Å². The van der Waals surface area contributed by atoms with Gasteiger partial charge in [-0.05, 0) is 55.7 Å². The van der Waals surface area contributed by atoms with E-state index in [1.807, 2.05) is 26.0 Å². The summed E-state index contributed by atoms with van der Waals surface area (Å²) < 4.78 is 26.3. The molecule has 0 bridgehead atoms. The third-order valence-electron chi connectivity index (χ3n) is 3.31. The van der Waals surface area contributed by atoms with Crippen LogP contribution in [0.3, 0.4) is 0 Å². The molecule has 0 spiro atoms. The van der Waals surface area contributed by atoms with E-state index in [0.29, 0.717) is 0 Å². The van der Waals surface area contributed by atoms with Gasteiger partial charge in [-0.1, -0.05) is 24.3 Å². The van der Waals surface area contributed by atoms with E-state index in [2.05, 4.69) is 5.32 Å². The van der Waals surface area contributed by atoms with Crippen molar-refractivity contribution in [1.82, 2.24) is 5.32 Å². The fourth-order valence-electron chi connectivity index (χ4n) is 2.38. The number of hydrogen-bond donors (Lipinski definition) is 1. The van der Waals surface area contributed by atoms with Crippen LogP contribution in [-0.4, -0.2) is 6.04 Å². The van der Waals surface area contributed by atoms with Gasteiger partial charge in [-0.25, -0.2) is 8.78 Å². The second-order valence-corrected chi connectivity index (χ2v) is 5.18. The summed E-state index contributed by atoms with van der Waals surface area (Å²) in [6, 6.07) is 13.4. The van der Waals surface area contributed by atoms with Crippen LogP contribution in [0.15, 0.2) is 48.5 Å². The Labute approximate surface area is 118 Å². The predicted molar refractivity (Wildman–Crippen MR) is 77.5 cm³/mol. The van der Waals surface area contributed by atoms with Gasteiger partial charge in [-0.3, -0.25) is 0 Å². The second kappa shape index (κ2) is 6.62. The Bertz CT molecular complexity index is 568. The van der Waals surface area contributed by atoms with Crippen molar-refractivity contribution in [1.29, 1.82) is 0 Å². The molecule has 2 rings (SSSR count). The van der Waals surface area contributed by atoms with Crippen LogP contribution in [0.5, 0.6) is 0 Å². The minimum atomic E-state index is -0.228. The molecular weight excluding hydrogens is 256 g/mol. The van der Waals surface area contributed by atoms with Crippen LogP contribution in [0.2, 0.25) is 0 Å². The van der Waals surface area contributed by atoms with Gasteiger partial charge >= 0.3 is 0 Å². The maximum absolute atomic E-state index is 13.2. The molecule has 2 atom stereocenters. The lowest BCUT2D eigenvalue weighted by Gasteiger charge is -2.20. The van der Waals surface area contributed by atoms with E-state index in [1.165, 1.54) is 18.2 Å². The van der Waals surface area contributed by atoms with E-state index in [-0.39, 0.29) is 23.7 Å². The van der Waals surface area contributed by atoms with Crippen LogP contribution in [0, 0.1) is 11.6 Å². The molecule has 106 valence electrons. The Morgan fingerprint density at radius 3 is 2.25 bits per heavy atom. The number of rotatable bonds is 5. The van der Waals surface area contributed by atoms with Gasteiger partial charge in [0.25, 0.3) is 0 Å². The number of halogens is 2. The second-order valence-electron chi connectivity index (χ2n) is 5.18. The average Bonchev–Trinajstić information content (AvgIpc) is 2.38. The zero-order valence-corrected chi connectivity index (χ0v) is 11.7. The van der Waals surface area contributed by atoms with Crippen molar-refractivity contribution in [3.63, 3.8) is 0 Å². The Balaban J connectivity index is 1.95. The topological polar surface area (TPSA) is 12.0 Å².